The fourth-order valence-electron chi connectivity index (χ4n) is 0.0556. The monoisotopic (exact) mass is 105 g/mol. The summed E-state index contributed by atoms with van der Waals surface area (Å²) >= 11 is 4.48. The Bertz CT molecular complexity index is 31.9. The van der Waals surface area contributed by atoms with Gasteiger partial charge in [0.05, 0.1) is 0 Å². The topological polar surface area (TPSA) is 0 Å². The molecule has 0 aliphatic heterocycles. The van der Waals surface area contributed by atoms with Gasteiger partial charge in [-0.05, 0) is 24.0 Å². The van der Waals surface area contributed by atoms with Crippen molar-refractivity contribution in [3.63, 3.8) is 0 Å². The molecular weight excluding hydrogens is 100 g/mol. The van der Waals surface area contributed by atoms with Crippen molar-refractivity contribution in [1.82, 2.24) is 0 Å². The van der Waals surface area contributed by atoms with E-state index in [0.29, 0.717) is 0 Å². The third-order valence-corrected chi connectivity index (χ3v) is 0.908. The minimum absolute atomic E-state index is 1.30. The Balaban J connectivity index is 2.62. The van der Waals surface area contributed by atoms with Gasteiger partial charge in [-0.2, -0.15) is 0 Å². The van der Waals surface area contributed by atoms with Crippen LogP contribution in [-0.2, 0) is 0 Å². The van der Waals surface area contributed by atoms with Crippen molar-refractivity contribution in [1.29, 1.82) is 0 Å². The lowest BCUT2D eigenvalue weighted by molar-refractivity contribution is 1.79. The Morgan fingerprint density at radius 1 is 1.80 bits per heavy atom. The number of rotatable bonds is 1. The molecule has 0 saturated heterocycles. The van der Waals surface area contributed by atoms with Crippen LogP contribution in [0.25, 0.3) is 0 Å². The van der Waals surface area contributed by atoms with Crippen molar-refractivity contribution in [3.8, 4) is 0 Å². The molecule has 0 fully saturated rings. The van der Waals surface area contributed by atoms with Crippen molar-refractivity contribution in [3.05, 3.63) is 11.5 Å². The van der Waals surface area contributed by atoms with Crippen LogP contribution in [0.3, 0.4) is 0 Å². The van der Waals surface area contributed by atoms with Gasteiger partial charge in [0.2, 0.25) is 0 Å². The molecule has 0 nitrogen and oxygen atoms in total. The van der Waals surface area contributed by atoms with Crippen LogP contribution in [0.1, 0.15) is 6.92 Å². The van der Waals surface area contributed by atoms with Crippen LogP contribution < -0.4 is 0 Å². The maximum absolute atomic E-state index is 4.48. The average molecular weight is 105 g/mol. The Morgan fingerprint density at radius 3 is 2.40 bits per heavy atom. The van der Waals surface area contributed by atoms with E-state index < -0.39 is 0 Å². The largest absolute Gasteiger partial charge is 0.0804 e. The van der Waals surface area contributed by atoms with Crippen LogP contribution >= 0.6 is 22.5 Å². The molecule has 0 heterocycles. The fourth-order valence-corrected chi connectivity index (χ4v) is 0.500. The molecule has 0 unspecified atom stereocenters. The van der Waals surface area contributed by atoms with E-state index in [4.69, 9.17) is 0 Å². The smallest absolute Gasteiger partial charge is 0.00842 e. The fraction of sp³-hybridized carbons (Fsp3) is 0.333. The highest BCUT2D eigenvalue weighted by Gasteiger charge is 1.54. The third kappa shape index (κ3) is 4.44. The van der Waals surface area contributed by atoms with Crippen LogP contribution in [0.15, 0.2) is 11.5 Å². The molecule has 2 heteroatoms. The minimum atomic E-state index is 1.30. The van der Waals surface area contributed by atoms with E-state index in [9.17, 15) is 0 Å². The standard InChI is InChI=1S/C3H5S2/c1-2-3-5-4/h2-3H,1H3/b3-2-. The van der Waals surface area contributed by atoms with Crippen molar-refractivity contribution in [2.24, 2.45) is 0 Å². The van der Waals surface area contributed by atoms with Gasteiger partial charge in [0.25, 0.3) is 0 Å². The predicted octanol–water partition coefficient (Wildman–Crippen LogP) is 2.37. The van der Waals surface area contributed by atoms with Crippen molar-refractivity contribution >= 4 is 22.5 Å². The second-order valence-electron chi connectivity index (χ2n) is 0.566. The van der Waals surface area contributed by atoms with E-state index in [1.165, 1.54) is 10.8 Å². The quantitative estimate of drug-likeness (QED) is 0.461. The number of allylic oxidation sites excluding steroid dienone is 1. The zero-order valence-corrected chi connectivity index (χ0v) is 4.60. The average Bonchev–Trinajstić information content (AvgIpc) is 1.41. The lowest BCUT2D eigenvalue weighted by Gasteiger charge is -1.62. The van der Waals surface area contributed by atoms with E-state index in [0.717, 1.165) is 0 Å². The first-order valence-electron chi connectivity index (χ1n) is 1.31. The molecule has 0 aromatic heterocycles. The van der Waals surface area contributed by atoms with E-state index in [-0.39, 0.29) is 0 Å². The van der Waals surface area contributed by atoms with Gasteiger partial charge in [-0.1, -0.05) is 16.9 Å². The van der Waals surface area contributed by atoms with Gasteiger partial charge in [0, 0.05) is 0 Å². The molecule has 0 saturated carbocycles. The molecule has 0 aliphatic rings. The van der Waals surface area contributed by atoms with Gasteiger partial charge < -0.3 is 0 Å². The molecule has 0 rings (SSSR count). The summed E-state index contributed by atoms with van der Waals surface area (Å²) in [6.07, 6.45) is 1.91. The Kier molecular flexibility index (Phi) is 4.83. The first kappa shape index (κ1) is 5.44. The molecule has 5 heavy (non-hydrogen) atoms. The van der Waals surface area contributed by atoms with Gasteiger partial charge in [0.15, 0.2) is 0 Å². The van der Waals surface area contributed by atoms with Crippen LogP contribution in [0, 0.1) is 0 Å². The molecule has 1 radical (unpaired) electrons. The summed E-state index contributed by atoms with van der Waals surface area (Å²) in [5.41, 5.74) is 0. The summed E-state index contributed by atoms with van der Waals surface area (Å²) in [6, 6.07) is 0. The molecular formula is C3H5S2. The summed E-state index contributed by atoms with van der Waals surface area (Å²) in [4.78, 5) is 0. The van der Waals surface area contributed by atoms with Gasteiger partial charge in [0.1, 0.15) is 0 Å². The predicted molar refractivity (Wildman–Crippen MR) is 30.0 cm³/mol. The first-order chi connectivity index (χ1) is 2.41. The van der Waals surface area contributed by atoms with Crippen molar-refractivity contribution in [2.75, 3.05) is 0 Å². The molecule has 0 bridgehead atoms. The van der Waals surface area contributed by atoms with Gasteiger partial charge in [-0.25, -0.2) is 0 Å². The lowest BCUT2D eigenvalue weighted by Crippen LogP contribution is -1.27. The van der Waals surface area contributed by atoms with Crippen molar-refractivity contribution < 1.29 is 0 Å². The van der Waals surface area contributed by atoms with E-state index in [1.54, 1.807) is 0 Å². The maximum Gasteiger partial charge on any atom is -0.00842 e. The molecule has 29 valence electrons. The highest BCUT2D eigenvalue weighted by molar-refractivity contribution is 8.69. The Hall–Kier alpha value is 0.440. The summed E-state index contributed by atoms with van der Waals surface area (Å²) in [7, 11) is 1.30. The SMILES string of the molecule is C/C=C\S[S]. The van der Waals surface area contributed by atoms with Crippen LogP contribution in [-0.4, -0.2) is 0 Å². The molecule has 0 N–H and O–H groups in total. The van der Waals surface area contributed by atoms with Gasteiger partial charge in [-0.3, -0.25) is 0 Å². The zero-order valence-electron chi connectivity index (χ0n) is 2.97. The summed E-state index contributed by atoms with van der Waals surface area (Å²) in [5, 5.41) is 1.86. The van der Waals surface area contributed by atoms with Crippen LogP contribution in [0.2, 0.25) is 0 Å². The highest BCUT2D eigenvalue weighted by Crippen LogP contribution is 2.03. The van der Waals surface area contributed by atoms with E-state index in [1.807, 2.05) is 18.4 Å². The Morgan fingerprint density at radius 2 is 2.40 bits per heavy atom. The third-order valence-electron chi connectivity index (χ3n) is 0.192. The van der Waals surface area contributed by atoms with Gasteiger partial charge in [-0.15, -0.1) is 0 Å². The summed E-state index contributed by atoms with van der Waals surface area (Å²) in [5.74, 6) is 0. The first-order valence-corrected chi connectivity index (χ1v) is 3.12. The van der Waals surface area contributed by atoms with E-state index >= 15 is 0 Å². The maximum atomic E-state index is 4.48. The minimum Gasteiger partial charge on any atom is -0.0804 e. The molecule has 0 aliphatic carbocycles. The molecule has 0 aromatic carbocycles. The lowest BCUT2D eigenvalue weighted by atomic mass is 10.8. The van der Waals surface area contributed by atoms with Crippen molar-refractivity contribution in [2.45, 2.75) is 6.92 Å². The normalized spacial score (nSPS) is 10.0. The molecule has 0 amide bonds. The zero-order chi connectivity index (χ0) is 4.12. The molecule has 0 atom stereocenters. The number of hydrogen-bond donors (Lipinski definition) is 0. The second kappa shape index (κ2) is 4.44. The summed E-state index contributed by atoms with van der Waals surface area (Å²) < 4.78 is 0. The molecule has 0 spiro atoms. The van der Waals surface area contributed by atoms with Crippen LogP contribution in [0.5, 0.6) is 0 Å². The summed E-state index contributed by atoms with van der Waals surface area (Å²) in [6.45, 7) is 1.94. The second-order valence-corrected chi connectivity index (χ2v) is 1.61. The Labute approximate surface area is 41.5 Å². The molecule has 0 aromatic rings. The van der Waals surface area contributed by atoms with E-state index in [2.05, 4.69) is 11.7 Å². The van der Waals surface area contributed by atoms with Gasteiger partial charge >= 0.3 is 0 Å². The highest BCUT2D eigenvalue weighted by atomic mass is 33.1. The number of hydrogen-bond acceptors (Lipinski definition) is 1. The van der Waals surface area contributed by atoms with Crippen LogP contribution in [0.4, 0.5) is 0 Å².